The van der Waals surface area contributed by atoms with Crippen LogP contribution in [0.15, 0.2) is 41.9 Å². The van der Waals surface area contributed by atoms with Crippen molar-refractivity contribution in [2.24, 2.45) is 0 Å². The van der Waals surface area contributed by atoms with Crippen LogP contribution in [0.25, 0.3) is 10.6 Å². The minimum atomic E-state index is -0.432. The standard InChI is InChI=1S/C13H10N4O2S/c18-10-3-1-5-14-12(10)15-13(19)9-7-8(16-17-9)11-4-2-6-20-11/h1-7,18H,(H,16,17)(H,14,15,19). The van der Waals surface area contributed by atoms with E-state index in [2.05, 4.69) is 20.5 Å². The van der Waals surface area contributed by atoms with E-state index in [0.717, 1.165) is 10.6 Å². The summed E-state index contributed by atoms with van der Waals surface area (Å²) in [5.41, 5.74) is 1.01. The molecule has 3 aromatic rings. The van der Waals surface area contributed by atoms with E-state index in [1.165, 1.54) is 12.3 Å². The highest BCUT2D eigenvalue weighted by atomic mass is 32.1. The molecule has 0 aromatic carbocycles. The molecule has 0 saturated heterocycles. The monoisotopic (exact) mass is 286 g/mol. The first-order valence-corrected chi connectivity index (χ1v) is 6.66. The van der Waals surface area contributed by atoms with Gasteiger partial charge in [-0.3, -0.25) is 9.89 Å². The molecule has 3 N–H and O–H groups in total. The van der Waals surface area contributed by atoms with Gasteiger partial charge in [-0.25, -0.2) is 4.98 Å². The molecule has 0 saturated carbocycles. The number of hydrogen-bond donors (Lipinski definition) is 3. The van der Waals surface area contributed by atoms with Gasteiger partial charge in [0.1, 0.15) is 0 Å². The van der Waals surface area contributed by atoms with E-state index in [0.29, 0.717) is 0 Å². The highest BCUT2D eigenvalue weighted by Gasteiger charge is 2.14. The van der Waals surface area contributed by atoms with Crippen LogP contribution in [0.1, 0.15) is 10.5 Å². The molecule has 0 aliphatic carbocycles. The van der Waals surface area contributed by atoms with Gasteiger partial charge in [-0.2, -0.15) is 5.10 Å². The van der Waals surface area contributed by atoms with Crippen LogP contribution in [0, 0.1) is 0 Å². The van der Waals surface area contributed by atoms with Crippen LogP contribution in [-0.4, -0.2) is 26.2 Å². The number of anilines is 1. The van der Waals surface area contributed by atoms with Gasteiger partial charge in [0, 0.05) is 6.20 Å². The predicted octanol–water partition coefficient (Wildman–Crippen LogP) is 2.49. The summed E-state index contributed by atoms with van der Waals surface area (Å²) >= 11 is 1.55. The number of amides is 1. The molecule has 20 heavy (non-hydrogen) atoms. The van der Waals surface area contributed by atoms with Gasteiger partial charge < -0.3 is 10.4 Å². The Bertz CT molecular complexity index is 736. The zero-order valence-corrected chi connectivity index (χ0v) is 11.0. The molecular formula is C13H10N4O2S. The maximum atomic E-state index is 12.0. The number of aromatic nitrogens is 3. The summed E-state index contributed by atoms with van der Waals surface area (Å²) in [5.74, 6) is -0.411. The van der Waals surface area contributed by atoms with Gasteiger partial charge in [0.15, 0.2) is 17.3 Å². The van der Waals surface area contributed by atoms with Gasteiger partial charge >= 0.3 is 0 Å². The van der Waals surface area contributed by atoms with Crippen molar-refractivity contribution in [2.75, 3.05) is 5.32 Å². The number of nitrogens with zero attached hydrogens (tertiary/aromatic N) is 2. The molecule has 1 amide bonds. The largest absolute Gasteiger partial charge is 0.504 e. The minimum absolute atomic E-state index is 0.0881. The Hall–Kier alpha value is -2.67. The molecule has 0 bridgehead atoms. The average molecular weight is 286 g/mol. The zero-order chi connectivity index (χ0) is 13.9. The number of pyridine rings is 1. The Morgan fingerprint density at radius 1 is 1.35 bits per heavy atom. The molecule has 0 unspecified atom stereocenters. The number of carbonyl (C=O) groups is 1. The van der Waals surface area contributed by atoms with Crippen LogP contribution in [0.2, 0.25) is 0 Å². The number of H-pyrrole nitrogens is 1. The van der Waals surface area contributed by atoms with Crippen molar-refractivity contribution in [3.05, 3.63) is 47.6 Å². The molecule has 100 valence electrons. The lowest BCUT2D eigenvalue weighted by molar-refractivity contribution is 0.102. The third-order valence-electron chi connectivity index (χ3n) is 2.62. The van der Waals surface area contributed by atoms with E-state index in [4.69, 9.17) is 0 Å². The van der Waals surface area contributed by atoms with Crippen molar-refractivity contribution >= 4 is 23.1 Å². The molecule has 0 atom stereocenters. The van der Waals surface area contributed by atoms with E-state index in [1.54, 1.807) is 23.5 Å². The van der Waals surface area contributed by atoms with Crippen molar-refractivity contribution in [2.45, 2.75) is 0 Å². The lowest BCUT2D eigenvalue weighted by atomic mass is 10.3. The second kappa shape index (κ2) is 5.14. The molecule has 3 rings (SSSR count). The number of nitrogens with one attached hydrogen (secondary N) is 2. The Kier molecular flexibility index (Phi) is 3.18. The molecule has 3 aromatic heterocycles. The summed E-state index contributed by atoms with van der Waals surface area (Å²) in [7, 11) is 0. The zero-order valence-electron chi connectivity index (χ0n) is 10.2. The number of carbonyl (C=O) groups excluding carboxylic acids is 1. The van der Waals surface area contributed by atoms with Crippen LogP contribution < -0.4 is 5.32 Å². The molecule has 0 radical (unpaired) electrons. The van der Waals surface area contributed by atoms with Crippen LogP contribution in [0.4, 0.5) is 5.82 Å². The second-order valence-corrected chi connectivity index (χ2v) is 4.92. The summed E-state index contributed by atoms with van der Waals surface area (Å²) < 4.78 is 0. The lowest BCUT2D eigenvalue weighted by Crippen LogP contribution is -2.13. The third-order valence-corrected chi connectivity index (χ3v) is 3.52. The Morgan fingerprint density at radius 3 is 3.00 bits per heavy atom. The fourth-order valence-electron chi connectivity index (χ4n) is 1.66. The highest BCUT2D eigenvalue weighted by molar-refractivity contribution is 7.13. The highest BCUT2D eigenvalue weighted by Crippen LogP contribution is 2.24. The minimum Gasteiger partial charge on any atom is -0.504 e. The first-order valence-electron chi connectivity index (χ1n) is 5.78. The van der Waals surface area contributed by atoms with Crippen molar-refractivity contribution in [1.82, 2.24) is 15.2 Å². The van der Waals surface area contributed by atoms with E-state index < -0.39 is 5.91 Å². The quantitative estimate of drug-likeness (QED) is 0.690. The molecule has 7 heteroatoms. The molecule has 0 aliphatic heterocycles. The van der Waals surface area contributed by atoms with E-state index in [-0.39, 0.29) is 17.3 Å². The molecular weight excluding hydrogens is 276 g/mol. The molecule has 3 heterocycles. The second-order valence-electron chi connectivity index (χ2n) is 3.97. The van der Waals surface area contributed by atoms with Gasteiger partial charge in [-0.1, -0.05) is 6.07 Å². The summed E-state index contributed by atoms with van der Waals surface area (Å²) in [6.45, 7) is 0. The van der Waals surface area contributed by atoms with Crippen LogP contribution in [-0.2, 0) is 0 Å². The molecule has 0 fully saturated rings. The number of aromatic hydroxyl groups is 1. The van der Waals surface area contributed by atoms with Crippen LogP contribution >= 0.6 is 11.3 Å². The molecule has 0 spiro atoms. The summed E-state index contributed by atoms with van der Waals surface area (Å²) in [5, 5.41) is 20.8. The lowest BCUT2D eigenvalue weighted by Gasteiger charge is -2.03. The molecule has 6 nitrogen and oxygen atoms in total. The van der Waals surface area contributed by atoms with Gasteiger partial charge in [0.05, 0.1) is 10.6 Å². The maximum absolute atomic E-state index is 12.0. The van der Waals surface area contributed by atoms with Gasteiger partial charge in [-0.05, 0) is 29.6 Å². The van der Waals surface area contributed by atoms with Crippen molar-refractivity contribution < 1.29 is 9.90 Å². The topological polar surface area (TPSA) is 90.9 Å². The summed E-state index contributed by atoms with van der Waals surface area (Å²) in [6, 6.07) is 8.54. The number of rotatable bonds is 3. The van der Waals surface area contributed by atoms with Gasteiger partial charge in [-0.15, -0.1) is 11.3 Å². The normalized spacial score (nSPS) is 10.4. The van der Waals surface area contributed by atoms with E-state index in [1.807, 2.05) is 17.5 Å². The van der Waals surface area contributed by atoms with E-state index >= 15 is 0 Å². The summed E-state index contributed by atoms with van der Waals surface area (Å²) in [4.78, 5) is 16.9. The van der Waals surface area contributed by atoms with Gasteiger partial charge in [0.25, 0.3) is 5.91 Å². The SMILES string of the molecule is O=C(Nc1ncccc1O)c1cc(-c2cccs2)[nH]n1. The first-order chi connectivity index (χ1) is 9.74. The Morgan fingerprint density at radius 2 is 2.25 bits per heavy atom. The van der Waals surface area contributed by atoms with Crippen LogP contribution in [0.3, 0.4) is 0 Å². The van der Waals surface area contributed by atoms with Crippen molar-refractivity contribution in [3.8, 4) is 16.3 Å². The molecule has 0 aliphatic rings. The van der Waals surface area contributed by atoms with Gasteiger partial charge in [0.2, 0.25) is 0 Å². The maximum Gasteiger partial charge on any atom is 0.277 e. The smallest absolute Gasteiger partial charge is 0.277 e. The van der Waals surface area contributed by atoms with Crippen LogP contribution in [0.5, 0.6) is 5.75 Å². The number of hydrogen-bond acceptors (Lipinski definition) is 5. The fraction of sp³-hybridized carbons (Fsp3) is 0. The summed E-state index contributed by atoms with van der Waals surface area (Å²) in [6.07, 6.45) is 1.48. The fourth-order valence-corrected chi connectivity index (χ4v) is 2.35. The average Bonchev–Trinajstić information content (AvgIpc) is 3.11. The Labute approximate surface area is 118 Å². The first kappa shape index (κ1) is 12.4. The Balaban J connectivity index is 1.80. The van der Waals surface area contributed by atoms with Crippen molar-refractivity contribution in [1.29, 1.82) is 0 Å². The van der Waals surface area contributed by atoms with Crippen molar-refractivity contribution in [3.63, 3.8) is 0 Å². The number of thiophene rings is 1. The number of aromatic amines is 1. The van der Waals surface area contributed by atoms with E-state index in [9.17, 15) is 9.90 Å². The third kappa shape index (κ3) is 2.39. The predicted molar refractivity (Wildman–Crippen MR) is 75.8 cm³/mol.